The van der Waals surface area contributed by atoms with Crippen molar-refractivity contribution >= 4 is 28.9 Å². The zero-order valence-corrected chi connectivity index (χ0v) is 20.0. The van der Waals surface area contributed by atoms with E-state index in [0.29, 0.717) is 22.1 Å². The summed E-state index contributed by atoms with van der Waals surface area (Å²) in [4.78, 5) is 18.2. The lowest BCUT2D eigenvalue weighted by molar-refractivity contribution is -0.118. The zero-order valence-electron chi connectivity index (χ0n) is 19.2. The van der Waals surface area contributed by atoms with Crippen LogP contribution in [-0.4, -0.2) is 52.4 Å². The Labute approximate surface area is 198 Å². The molecule has 2 N–H and O–H groups in total. The largest absolute Gasteiger partial charge is 0.370 e. The Hall–Kier alpha value is -2.34. The van der Waals surface area contributed by atoms with Gasteiger partial charge in [-0.1, -0.05) is 37.6 Å². The summed E-state index contributed by atoms with van der Waals surface area (Å²) in [5, 5.41) is 23.2. The summed E-state index contributed by atoms with van der Waals surface area (Å²) in [5.74, 6) is -2.70. The third kappa shape index (κ3) is 8.18. The highest BCUT2D eigenvalue weighted by molar-refractivity contribution is 6.30. The summed E-state index contributed by atoms with van der Waals surface area (Å²) < 4.78 is 27.0. The lowest BCUT2D eigenvalue weighted by Crippen LogP contribution is -2.44. The lowest BCUT2D eigenvalue weighted by Gasteiger charge is -2.33. The molecule has 180 valence electrons. The molecule has 0 aromatic heterocycles. The molecule has 1 saturated carbocycles. The number of Topliss-reactive ketones (excluding diaryl/α,β-unsaturated/α-hetero) is 1. The summed E-state index contributed by atoms with van der Waals surface area (Å²) in [6.07, 6.45) is 1.49. The van der Waals surface area contributed by atoms with Crippen LogP contribution in [-0.2, 0) is 4.79 Å². The maximum Gasteiger partial charge on any atom is 0.245 e. The molecule has 0 bridgehead atoms. The molecule has 33 heavy (non-hydrogen) atoms. The van der Waals surface area contributed by atoms with Crippen LogP contribution in [0.2, 0.25) is 5.02 Å². The fourth-order valence-corrected chi connectivity index (χ4v) is 3.38. The van der Waals surface area contributed by atoms with Gasteiger partial charge in [0.05, 0.1) is 18.3 Å². The number of hydrogen-bond acceptors (Lipinski definition) is 6. The highest BCUT2D eigenvalue weighted by atomic mass is 35.5. The minimum Gasteiger partial charge on any atom is -0.370 e. The van der Waals surface area contributed by atoms with E-state index in [0.717, 1.165) is 19.8 Å². The Morgan fingerprint density at radius 1 is 1.36 bits per heavy atom. The number of aliphatic hydroxyl groups excluding tert-OH is 1. The molecule has 1 aliphatic carbocycles. The van der Waals surface area contributed by atoms with Crippen LogP contribution in [0.4, 0.5) is 8.78 Å². The highest BCUT2D eigenvalue weighted by Crippen LogP contribution is 2.34. The fraction of sp³-hybridized carbons (Fsp3) is 0.542. The molecule has 3 rings (SSSR count). The Balaban J connectivity index is 0.00000187. The molecule has 0 radical (unpaired) electrons. The molecular weight excluding hydrogens is 450 g/mol. The number of hydrogen-bond donors (Lipinski definition) is 2. The van der Waals surface area contributed by atoms with E-state index < -0.39 is 24.1 Å². The predicted octanol–water partition coefficient (Wildman–Crippen LogP) is 4.78. The van der Waals surface area contributed by atoms with Crippen LogP contribution in [0.1, 0.15) is 58.4 Å². The number of nitrogens with zero attached hydrogens (tertiary/aromatic N) is 3. The number of ketones is 1. The minimum absolute atomic E-state index is 0.0462. The van der Waals surface area contributed by atoms with Crippen molar-refractivity contribution in [1.82, 2.24) is 10.2 Å². The molecule has 6 nitrogen and oxygen atoms in total. The molecule has 1 atom stereocenters. The number of nitrogens with one attached hydrogen (secondary N) is 1. The summed E-state index contributed by atoms with van der Waals surface area (Å²) in [6, 6.07) is 9.01. The number of carbonyl (C=O) groups is 1. The average molecular weight is 481 g/mol. The number of halogens is 3. The standard InChI is InChI=1S/C22H25ClF2N4O2.C2H6/c1-21(24,25)8-6-19-28-18(15-2-4-16(23)5-3-15)12-20(31)29(19)11-7-17(30)13-27-22(14-26)9-10-22;1-2/h2-5,12,20,27,31H,6-11,13H2,1H3;1-2H3. The van der Waals surface area contributed by atoms with Gasteiger partial charge in [-0.3, -0.25) is 10.1 Å². The molecule has 1 aromatic carbocycles. The number of rotatable bonds is 10. The van der Waals surface area contributed by atoms with Crippen LogP contribution in [0.25, 0.3) is 5.70 Å². The van der Waals surface area contributed by atoms with Crippen molar-refractivity contribution in [2.45, 2.75) is 70.6 Å². The summed E-state index contributed by atoms with van der Waals surface area (Å²) in [7, 11) is 0. The van der Waals surface area contributed by atoms with Crippen LogP contribution in [0.15, 0.2) is 35.3 Å². The van der Waals surface area contributed by atoms with Crippen LogP contribution in [0.5, 0.6) is 0 Å². The summed E-state index contributed by atoms with van der Waals surface area (Å²) >= 11 is 5.92. The second-order valence-corrected chi connectivity index (χ2v) is 8.54. The smallest absolute Gasteiger partial charge is 0.245 e. The predicted molar refractivity (Wildman–Crippen MR) is 126 cm³/mol. The van der Waals surface area contributed by atoms with Crippen molar-refractivity contribution in [3.63, 3.8) is 0 Å². The van der Waals surface area contributed by atoms with E-state index in [1.54, 1.807) is 24.3 Å². The third-order valence-electron chi connectivity index (χ3n) is 5.35. The van der Waals surface area contributed by atoms with Gasteiger partial charge >= 0.3 is 0 Å². The Kier molecular flexibility index (Phi) is 9.53. The normalized spacial score (nSPS) is 19.0. The Morgan fingerprint density at radius 3 is 2.55 bits per heavy atom. The van der Waals surface area contributed by atoms with Crippen molar-refractivity contribution < 1.29 is 18.7 Å². The highest BCUT2D eigenvalue weighted by Gasteiger charge is 2.42. The third-order valence-corrected chi connectivity index (χ3v) is 5.61. The average Bonchev–Trinajstić information content (AvgIpc) is 3.57. The second kappa shape index (κ2) is 11.7. The number of benzene rings is 1. The Bertz CT molecular complexity index is 916. The van der Waals surface area contributed by atoms with E-state index in [-0.39, 0.29) is 31.7 Å². The number of alkyl halides is 2. The number of amidine groups is 1. The summed E-state index contributed by atoms with van der Waals surface area (Å²) in [5.41, 5.74) is 0.582. The Morgan fingerprint density at radius 2 is 2.00 bits per heavy atom. The molecule has 1 unspecified atom stereocenters. The fourth-order valence-electron chi connectivity index (χ4n) is 3.25. The van der Waals surface area contributed by atoms with E-state index in [4.69, 9.17) is 16.9 Å². The van der Waals surface area contributed by atoms with Crippen LogP contribution >= 0.6 is 11.6 Å². The first-order valence-electron chi connectivity index (χ1n) is 11.2. The quantitative estimate of drug-likeness (QED) is 0.503. The van der Waals surface area contributed by atoms with Gasteiger partial charge in [0.1, 0.15) is 23.4 Å². The first kappa shape index (κ1) is 26.9. The molecular formula is C24H31ClF2N4O2. The number of aliphatic hydroxyl groups is 1. The molecule has 2 aliphatic rings. The van der Waals surface area contributed by atoms with Gasteiger partial charge in [-0.25, -0.2) is 13.8 Å². The van der Waals surface area contributed by atoms with Crippen molar-refractivity contribution in [1.29, 1.82) is 5.26 Å². The molecule has 1 heterocycles. The molecule has 1 fully saturated rings. The van der Waals surface area contributed by atoms with Crippen LogP contribution < -0.4 is 5.32 Å². The molecule has 0 saturated heterocycles. The maximum atomic E-state index is 13.5. The minimum atomic E-state index is -2.88. The van der Waals surface area contributed by atoms with Gasteiger partial charge < -0.3 is 10.0 Å². The van der Waals surface area contributed by atoms with E-state index in [1.807, 2.05) is 13.8 Å². The van der Waals surface area contributed by atoms with Gasteiger partial charge in [-0.2, -0.15) is 5.26 Å². The monoisotopic (exact) mass is 480 g/mol. The maximum absolute atomic E-state index is 13.5. The first-order valence-corrected chi connectivity index (χ1v) is 11.5. The van der Waals surface area contributed by atoms with Gasteiger partial charge in [0.25, 0.3) is 0 Å². The van der Waals surface area contributed by atoms with E-state index in [2.05, 4.69) is 16.4 Å². The summed E-state index contributed by atoms with van der Waals surface area (Å²) in [6.45, 7) is 5.04. The van der Waals surface area contributed by atoms with Crippen molar-refractivity contribution in [3.05, 3.63) is 40.9 Å². The molecule has 0 amide bonds. The van der Waals surface area contributed by atoms with Gasteiger partial charge in [-0.05, 0) is 38.0 Å². The van der Waals surface area contributed by atoms with Gasteiger partial charge in [0.2, 0.25) is 5.92 Å². The first-order chi connectivity index (χ1) is 15.6. The lowest BCUT2D eigenvalue weighted by atomic mass is 10.1. The van der Waals surface area contributed by atoms with Crippen molar-refractivity contribution in [2.75, 3.05) is 13.1 Å². The van der Waals surface area contributed by atoms with Crippen molar-refractivity contribution in [3.8, 4) is 6.07 Å². The van der Waals surface area contributed by atoms with E-state index in [1.165, 1.54) is 11.0 Å². The molecule has 1 aliphatic heterocycles. The number of carbonyl (C=O) groups excluding carboxylic acids is 1. The molecule has 0 spiro atoms. The molecule has 1 aromatic rings. The van der Waals surface area contributed by atoms with Gasteiger partial charge in [0, 0.05) is 36.4 Å². The topological polar surface area (TPSA) is 88.7 Å². The SMILES string of the molecule is CC.CC(F)(F)CCC1=NC(c2ccc(Cl)cc2)=CC(O)N1CCC(=O)CNC1(C#N)CC1. The van der Waals surface area contributed by atoms with Crippen LogP contribution in [0.3, 0.4) is 0 Å². The molecule has 9 heteroatoms. The number of aliphatic imine (C=N–C) groups is 1. The van der Waals surface area contributed by atoms with E-state index >= 15 is 0 Å². The van der Waals surface area contributed by atoms with Gasteiger partial charge in [0.15, 0.2) is 0 Å². The van der Waals surface area contributed by atoms with Crippen LogP contribution in [0, 0.1) is 11.3 Å². The second-order valence-electron chi connectivity index (χ2n) is 8.10. The van der Waals surface area contributed by atoms with Crippen molar-refractivity contribution in [2.24, 2.45) is 4.99 Å². The number of nitriles is 1. The van der Waals surface area contributed by atoms with Gasteiger partial charge in [-0.15, -0.1) is 0 Å². The van der Waals surface area contributed by atoms with E-state index in [9.17, 15) is 18.7 Å². The zero-order chi connectivity index (χ0) is 24.6.